The second-order valence-corrected chi connectivity index (χ2v) is 5.54. The Kier molecular flexibility index (Phi) is 3.87. The highest BCUT2D eigenvalue weighted by Gasteiger charge is 2.21. The zero-order valence-electron chi connectivity index (χ0n) is 11.8. The molecule has 2 aromatic rings. The summed E-state index contributed by atoms with van der Waals surface area (Å²) in [6.45, 7) is 3.14. The molecule has 0 saturated carbocycles. The van der Waals surface area contributed by atoms with Gasteiger partial charge in [0.05, 0.1) is 11.0 Å². The van der Waals surface area contributed by atoms with Crippen LogP contribution in [0.1, 0.15) is 19.3 Å². The minimum atomic E-state index is -0.224. The van der Waals surface area contributed by atoms with Gasteiger partial charge in [0.25, 0.3) is 0 Å². The quantitative estimate of drug-likeness (QED) is 0.902. The summed E-state index contributed by atoms with van der Waals surface area (Å²) in [4.78, 5) is 10.1. The van der Waals surface area contributed by atoms with Crippen molar-refractivity contribution < 1.29 is 4.39 Å². The molecule has 1 aromatic carbocycles. The minimum Gasteiger partial charge on any atom is -0.342 e. The highest BCUT2D eigenvalue weighted by Crippen LogP contribution is 2.25. The van der Waals surface area contributed by atoms with Crippen molar-refractivity contribution in [3.8, 4) is 0 Å². The zero-order chi connectivity index (χ0) is 13.9. The van der Waals surface area contributed by atoms with E-state index in [1.165, 1.54) is 31.4 Å². The van der Waals surface area contributed by atoms with Crippen molar-refractivity contribution in [2.24, 2.45) is 5.92 Å². The van der Waals surface area contributed by atoms with E-state index in [0.29, 0.717) is 0 Å². The maximum Gasteiger partial charge on any atom is 0.203 e. The monoisotopic (exact) mass is 276 g/mol. The molecule has 0 aliphatic carbocycles. The number of nitrogens with one attached hydrogen (secondary N) is 2. The van der Waals surface area contributed by atoms with Gasteiger partial charge in [-0.15, -0.1) is 0 Å². The molecule has 1 aromatic heterocycles. The molecule has 108 valence electrons. The molecule has 2 N–H and O–H groups in total. The average Bonchev–Trinajstić information content (AvgIpc) is 2.88. The van der Waals surface area contributed by atoms with Crippen molar-refractivity contribution in [1.29, 1.82) is 0 Å². The summed E-state index contributed by atoms with van der Waals surface area (Å²) in [5.41, 5.74) is 1.61. The van der Waals surface area contributed by atoms with Crippen LogP contribution in [0.4, 0.5) is 10.3 Å². The van der Waals surface area contributed by atoms with Crippen LogP contribution in [0.5, 0.6) is 0 Å². The number of H-pyrrole nitrogens is 1. The van der Waals surface area contributed by atoms with Crippen molar-refractivity contribution in [2.45, 2.75) is 19.3 Å². The molecule has 5 heteroatoms. The number of fused-ring (bicyclic) bond motifs is 1. The lowest BCUT2D eigenvalue weighted by Gasteiger charge is -2.31. The van der Waals surface area contributed by atoms with Gasteiger partial charge in [0, 0.05) is 13.1 Å². The number of aromatic amines is 1. The third-order valence-corrected chi connectivity index (χ3v) is 4.15. The molecular formula is C15H21FN4. The molecule has 1 fully saturated rings. The number of hydrogen-bond acceptors (Lipinski definition) is 3. The van der Waals surface area contributed by atoms with Gasteiger partial charge >= 0.3 is 0 Å². The molecule has 0 spiro atoms. The van der Waals surface area contributed by atoms with Gasteiger partial charge in [0.2, 0.25) is 5.95 Å². The maximum atomic E-state index is 13.2. The van der Waals surface area contributed by atoms with Gasteiger partial charge in [0.15, 0.2) is 0 Å². The third-order valence-electron chi connectivity index (χ3n) is 4.15. The first kappa shape index (κ1) is 13.4. The second kappa shape index (κ2) is 5.79. The number of aromatic nitrogens is 2. The Morgan fingerprint density at radius 2 is 2.20 bits per heavy atom. The van der Waals surface area contributed by atoms with Crippen LogP contribution in [0, 0.1) is 11.7 Å². The molecule has 4 nitrogen and oxygen atoms in total. The third kappa shape index (κ3) is 2.77. The molecular weight excluding hydrogens is 255 g/mol. The van der Waals surface area contributed by atoms with Crippen LogP contribution in [0.2, 0.25) is 0 Å². The first-order valence-electron chi connectivity index (χ1n) is 7.31. The molecule has 1 aliphatic heterocycles. The topological polar surface area (TPSA) is 44.0 Å². The van der Waals surface area contributed by atoms with E-state index in [4.69, 9.17) is 0 Å². The van der Waals surface area contributed by atoms with Crippen LogP contribution in [-0.2, 0) is 0 Å². The van der Waals surface area contributed by atoms with Gasteiger partial charge in [0.1, 0.15) is 5.82 Å². The average molecular weight is 276 g/mol. The number of imidazole rings is 1. The van der Waals surface area contributed by atoms with E-state index < -0.39 is 0 Å². The summed E-state index contributed by atoms with van der Waals surface area (Å²) in [5, 5.41) is 3.21. The Labute approximate surface area is 118 Å². The number of hydrogen-bond donors (Lipinski definition) is 2. The molecule has 0 radical (unpaired) electrons. The summed E-state index contributed by atoms with van der Waals surface area (Å²) in [7, 11) is 2.00. The van der Waals surface area contributed by atoms with Gasteiger partial charge in [-0.3, -0.25) is 0 Å². The molecule has 1 saturated heterocycles. The summed E-state index contributed by atoms with van der Waals surface area (Å²) in [5.74, 6) is 1.46. The van der Waals surface area contributed by atoms with E-state index in [0.717, 1.165) is 42.5 Å². The van der Waals surface area contributed by atoms with Crippen LogP contribution in [0.15, 0.2) is 18.2 Å². The Morgan fingerprint density at radius 1 is 1.40 bits per heavy atom. The van der Waals surface area contributed by atoms with E-state index >= 15 is 0 Å². The van der Waals surface area contributed by atoms with Crippen LogP contribution >= 0.6 is 0 Å². The first-order chi connectivity index (χ1) is 9.76. The number of benzene rings is 1. The number of anilines is 1. The standard InChI is InChI=1S/C15H21FN4/c1-17-7-4-11-5-8-20(9-6-11)15-18-13-3-2-12(16)10-14(13)19-15/h2-3,10-11,17H,4-9H2,1H3,(H,18,19). The smallest absolute Gasteiger partial charge is 0.203 e. The lowest BCUT2D eigenvalue weighted by atomic mass is 9.94. The molecule has 0 amide bonds. The first-order valence-corrected chi connectivity index (χ1v) is 7.31. The number of piperidine rings is 1. The van der Waals surface area contributed by atoms with Crippen LogP contribution in [-0.4, -0.2) is 36.6 Å². The van der Waals surface area contributed by atoms with Gasteiger partial charge < -0.3 is 15.2 Å². The summed E-state index contributed by atoms with van der Waals surface area (Å²) in [6.07, 6.45) is 3.65. The maximum absolute atomic E-state index is 13.2. The fourth-order valence-electron chi connectivity index (χ4n) is 2.90. The SMILES string of the molecule is CNCCC1CCN(c2nc3ccc(F)cc3[nH]2)CC1. The molecule has 1 aliphatic rings. The molecule has 20 heavy (non-hydrogen) atoms. The van der Waals surface area contributed by atoms with Gasteiger partial charge in [-0.1, -0.05) is 0 Å². The normalized spacial score (nSPS) is 17.0. The molecule has 2 heterocycles. The van der Waals surface area contributed by atoms with Crippen LogP contribution in [0.25, 0.3) is 11.0 Å². The fraction of sp³-hybridized carbons (Fsp3) is 0.533. The Balaban J connectivity index is 1.67. The predicted octanol–water partition coefficient (Wildman–Crippen LogP) is 2.53. The van der Waals surface area contributed by atoms with E-state index in [1.54, 1.807) is 6.07 Å². The van der Waals surface area contributed by atoms with Crippen molar-refractivity contribution in [1.82, 2.24) is 15.3 Å². The highest BCUT2D eigenvalue weighted by molar-refractivity contribution is 5.77. The Morgan fingerprint density at radius 3 is 2.95 bits per heavy atom. The van der Waals surface area contributed by atoms with Crippen LogP contribution in [0.3, 0.4) is 0 Å². The van der Waals surface area contributed by atoms with Crippen molar-refractivity contribution >= 4 is 17.0 Å². The van der Waals surface area contributed by atoms with Gasteiger partial charge in [-0.2, -0.15) is 0 Å². The number of halogens is 1. The summed E-state index contributed by atoms with van der Waals surface area (Å²) >= 11 is 0. The van der Waals surface area contributed by atoms with E-state index in [9.17, 15) is 4.39 Å². The van der Waals surface area contributed by atoms with Crippen molar-refractivity contribution in [3.05, 3.63) is 24.0 Å². The second-order valence-electron chi connectivity index (χ2n) is 5.54. The Bertz CT molecular complexity index is 572. The fourth-order valence-corrected chi connectivity index (χ4v) is 2.90. The van der Waals surface area contributed by atoms with Gasteiger partial charge in [-0.25, -0.2) is 9.37 Å². The minimum absolute atomic E-state index is 0.224. The van der Waals surface area contributed by atoms with E-state index in [2.05, 4.69) is 20.2 Å². The molecule has 3 rings (SSSR count). The molecule has 0 unspecified atom stereocenters. The largest absolute Gasteiger partial charge is 0.342 e. The predicted molar refractivity (Wildman–Crippen MR) is 79.5 cm³/mol. The molecule has 0 bridgehead atoms. The van der Waals surface area contributed by atoms with E-state index in [-0.39, 0.29) is 5.82 Å². The lowest BCUT2D eigenvalue weighted by Crippen LogP contribution is -2.35. The van der Waals surface area contributed by atoms with Crippen molar-refractivity contribution in [3.63, 3.8) is 0 Å². The summed E-state index contributed by atoms with van der Waals surface area (Å²) < 4.78 is 13.2. The highest BCUT2D eigenvalue weighted by atomic mass is 19.1. The zero-order valence-corrected chi connectivity index (χ0v) is 11.8. The van der Waals surface area contributed by atoms with Crippen molar-refractivity contribution in [2.75, 3.05) is 31.6 Å². The van der Waals surface area contributed by atoms with Gasteiger partial charge in [-0.05, 0) is 57.0 Å². The lowest BCUT2D eigenvalue weighted by molar-refractivity contribution is 0.376. The Hall–Kier alpha value is -1.62. The number of rotatable bonds is 4. The summed E-state index contributed by atoms with van der Waals surface area (Å²) in [6, 6.07) is 4.69. The van der Waals surface area contributed by atoms with Crippen LogP contribution < -0.4 is 10.2 Å². The number of nitrogens with zero attached hydrogens (tertiary/aromatic N) is 2. The van der Waals surface area contributed by atoms with E-state index in [1.807, 2.05) is 7.05 Å². The molecule has 0 atom stereocenters.